The molecule has 0 bridgehead atoms. The Labute approximate surface area is 75.6 Å². The fourth-order valence-corrected chi connectivity index (χ4v) is 1.48. The molecule has 0 atom stereocenters. The van der Waals surface area contributed by atoms with Crippen molar-refractivity contribution in [3.05, 3.63) is 35.3 Å². The van der Waals surface area contributed by atoms with E-state index in [0.717, 1.165) is 16.5 Å². The molecule has 0 aliphatic carbocycles. The lowest BCUT2D eigenvalue weighted by Crippen LogP contribution is -1.94. The monoisotopic (exact) mass is 178 g/mol. The molecular weight excluding hydrogens is 167 g/mol. The molecule has 68 valence electrons. The first kappa shape index (κ1) is 8.26. The highest BCUT2D eigenvalue weighted by Gasteiger charge is 2.05. The number of hydrogen-bond acceptors (Lipinski definition) is 1. The van der Waals surface area contributed by atoms with Gasteiger partial charge in [-0.2, -0.15) is 0 Å². The van der Waals surface area contributed by atoms with Crippen LogP contribution in [0.15, 0.2) is 18.3 Å². The Morgan fingerprint density at radius 3 is 2.92 bits per heavy atom. The summed E-state index contributed by atoms with van der Waals surface area (Å²) >= 11 is 0. The maximum atomic E-state index is 13.1. The summed E-state index contributed by atoms with van der Waals surface area (Å²) in [5.41, 5.74) is 8.02. The number of aromatic nitrogens is 1. The predicted molar refractivity (Wildman–Crippen MR) is 50.9 cm³/mol. The van der Waals surface area contributed by atoms with Crippen molar-refractivity contribution >= 4 is 10.9 Å². The summed E-state index contributed by atoms with van der Waals surface area (Å²) in [6.45, 7) is 2.23. The second kappa shape index (κ2) is 2.85. The Bertz CT molecular complexity index is 445. The number of benzene rings is 1. The van der Waals surface area contributed by atoms with Crippen LogP contribution in [0, 0.1) is 12.7 Å². The first-order valence-electron chi connectivity index (χ1n) is 4.18. The highest BCUT2D eigenvalue weighted by Crippen LogP contribution is 2.21. The zero-order valence-electron chi connectivity index (χ0n) is 7.39. The molecule has 0 aliphatic rings. The number of hydrogen-bond donors (Lipinski definition) is 2. The van der Waals surface area contributed by atoms with Gasteiger partial charge >= 0.3 is 0 Å². The number of aromatic amines is 1. The number of halogens is 1. The number of aryl methyl sites for hydroxylation is 1. The van der Waals surface area contributed by atoms with Gasteiger partial charge in [-0.25, -0.2) is 4.39 Å². The molecule has 0 fully saturated rings. The van der Waals surface area contributed by atoms with Gasteiger partial charge in [0.15, 0.2) is 0 Å². The van der Waals surface area contributed by atoms with Gasteiger partial charge in [-0.05, 0) is 30.2 Å². The summed E-state index contributed by atoms with van der Waals surface area (Å²) in [6.07, 6.45) is 1.82. The van der Waals surface area contributed by atoms with Crippen molar-refractivity contribution in [3.8, 4) is 0 Å². The van der Waals surface area contributed by atoms with E-state index in [1.807, 2.05) is 12.3 Å². The van der Waals surface area contributed by atoms with Crippen molar-refractivity contribution < 1.29 is 4.39 Å². The van der Waals surface area contributed by atoms with E-state index in [9.17, 15) is 4.39 Å². The molecule has 0 unspecified atom stereocenters. The quantitative estimate of drug-likeness (QED) is 0.689. The molecule has 1 heterocycles. The molecule has 13 heavy (non-hydrogen) atoms. The van der Waals surface area contributed by atoms with Gasteiger partial charge in [-0.15, -0.1) is 0 Å². The molecule has 0 aliphatic heterocycles. The topological polar surface area (TPSA) is 41.8 Å². The van der Waals surface area contributed by atoms with E-state index in [4.69, 9.17) is 5.73 Å². The van der Waals surface area contributed by atoms with E-state index < -0.39 is 0 Å². The summed E-state index contributed by atoms with van der Waals surface area (Å²) in [4.78, 5) is 2.99. The molecule has 0 saturated heterocycles. The van der Waals surface area contributed by atoms with E-state index in [-0.39, 0.29) is 5.82 Å². The third-order valence-electron chi connectivity index (χ3n) is 2.27. The van der Waals surface area contributed by atoms with Crippen molar-refractivity contribution in [2.24, 2.45) is 5.73 Å². The molecule has 2 nitrogen and oxygen atoms in total. The third kappa shape index (κ3) is 1.21. The van der Waals surface area contributed by atoms with Crippen LogP contribution in [0.25, 0.3) is 10.9 Å². The summed E-state index contributed by atoms with van der Waals surface area (Å²) in [7, 11) is 0. The van der Waals surface area contributed by atoms with E-state index >= 15 is 0 Å². The zero-order valence-corrected chi connectivity index (χ0v) is 7.39. The Kier molecular flexibility index (Phi) is 1.81. The lowest BCUT2D eigenvalue weighted by molar-refractivity contribution is 0.620. The normalized spacial score (nSPS) is 11.0. The van der Waals surface area contributed by atoms with Crippen LogP contribution in [0.5, 0.6) is 0 Å². The Morgan fingerprint density at radius 2 is 2.23 bits per heavy atom. The van der Waals surface area contributed by atoms with Gasteiger partial charge in [-0.1, -0.05) is 0 Å². The summed E-state index contributed by atoms with van der Waals surface area (Å²) in [5.74, 6) is -0.182. The Balaban J connectivity index is 2.77. The summed E-state index contributed by atoms with van der Waals surface area (Å²) < 4.78 is 13.1. The molecule has 2 rings (SSSR count). The van der Waals surface area contributed by atoms with Gasteiger partial charge in [0.2, 0.25) is 0 Å². The van der Waals surface area contributed by atoms with Crippen LogP contribution < -0.4 is 5.73 Å². The minimum atomic E-state index is -0.182. The Hall–Kier alpha value is -1.35. The molecule has 2 aromatic rings. The van der Waals surface area contributed by atoms with Crippen molar-refractivity contribution in [1.29, 1.82) is 0 Å². The molecule has 3 heteroatoms. The number of fused-ring (bicyclic) bond motifs is 1. The van der Waals surface area contributed by atoms with Gasteiger partial charge in [0.05, 0.1) is 0 Å². The minimum absolute atomic E-state index is 0.182. The lowest BCUT2D eigenvalue weighted by Gasteiger charge is -1.98. The van der Waals surface area contributed by atoms with Crippen LogP contribution in [0.3, 0.4) is 0 Å². The van der Waals surface area contributed by atoms with Crippen molar-refractivity contribution in [3.63, 3.8) is 0 Å². The van der Waals surface area contributed by atoms with Crippen LogP contribution in [0.1, 0.15) is 11.1 Å². The molecule has 0 spiro atoms. The van der Waals surface area contributed by atoms with E-state index in [1.165, 1.54) is 6.07 Å². The third-order valence-corrected chi connectivity index (χ3v) is 2.27. The van der Waals surface area contributed by atoms with Crippen LogP contribution in [0.2, 0.25) is 0 Å². The fraction of sp³-hybridized carbons (Fsp3) is 0.200. The molecule has 1 aromatic carbocycles. The van der Waals surface area contributed by atoms with Gasteiger partial charge in [0, 0.05) is 23.6 Å². The SMILES string of the molecule is Cc1cc2c(CN)c[nH]c2cc1F. The van der Waals surface area contributed by atoms with E-state index in [1.54, 1.807) is 6.92 Å². The maximum absolute atomic E-state index is 13.1. The number of H-pyrrole nitrogens is 1. The molecule has 0 amide bonds. The Morgan fingerprint density at radius 1 is 1.46 bits per heavy atom. The fourth-order valence-electron chi connectivity index (χ4n) is 1.48. The second-order valence-electron chi connectivity index (χ2n) is 3.17. The molecule has 0 radical (unpaired) electrons. The van der Waals surface area contributed by atoms with Gasteiger partial charge in [0.1, 0.15) is 5.82 Å². The standard InChI is InChI=1S/C10H11FN2/c1-6-2-8-7(4-12)5-13-10(8)3-9(6)11/h2-3,5,13H,4,12H2,1H3. The minimum Gasteiger partial charge on any atom is -0.361 e. The van der Waals surface area contributed by atoms with Crippen LogP contribution in [-0.2, 0) is 6.54 Å². The van der Waals surface area contributed by atoms with Crippen LogP contribution in [-0.4, -0.2) is 4.98 Å². The molecule has 1 aromatic heterocycles. The maximum Gasteiger partial charge on any atom is 0.128 e. The average Bonchev–Trinajstić information content (AvgIpc) is 2.48. The smallest absolute Gasteiger partial charge is 0.128 e. The van der Waals surface area contributed by atoms with E-state index in [0.29, 0.717) is 12.1 Å². The van der Waals surface area contributed by atoms with Crippen molar-refractivity contribution in [2.45, 2.75) is 13.5 Å². The van der Waals surface area contributed by atoms with Gasteiger partial charge < -0.3 is 10.7 Å². The number of nitrogens with one attached hydrogen (secondary N) is 1. The second-order valence-corrected chi connectivity index (χ2v) is 3.17. The molecule has 3 N–H and O–H groups in total. The van der Waals surface area contributed by atoms with Crippen molar-refractivity contribution in [1.82, 2.24) is 4.98 Å². The largest absolute Gasteiger partial charge is 0.361 e. The highest BCUT2D eigenvalue weighted by molar-refractivity contribution is 5.83. The first-order valence-corrected chi connectivity index (χ1v) is 4.18. The lowest BCUT2D eigenvalue weighted by atomic mass is 10.1. The van der Waals surface area contributed by atoms with Crippen LogP contribution in [0.4, 0.5) is 4.39 Å². The number of rotatable bonds is 1. The van der Waals surface area contributed by atoms with Crippen LogP contribution >= 0.6 is 0 Å². The van der Waals surface area contributed by atoms with Crippen molar-refractivity contribution in [2.75, 3.05) is 0 Å². The van der Waals surface area contributed by atoms with Gasteiger partial charge in [0.25, 0.3) is 0 Å². The first-order chi connectivity index (χ1) is 6.22. The van der Waals surface area contributed by atoms with Gasteiger partial charge in [-0.3, -0.25) is 0 Å². The number of nitrogens with two attached hydrogens (primary N) is 1. The highest BCUT2D eigenvalue weighted by atomic mass is 19.1. The predicted octanol–water partition coefficient (Wildman–Crippen LogP) is 2.07. The van der Waals surface area contributed by atoms with E-state index in [2.05, 4.69) is 4.98 Å². The summed E-state index contributed by atoms with van der Waals surface area (Å²) in [6, 6.07) is 3.33. The zero-order chi connectivity index (χ0) is 9.42. The average molecular weight is 178 g/mol. The molecular formula is C10H11FN2. The molecule has 0 saturated carbocycles. The summed E-state index contributed by atoms with van der Waals surface area (Å²) in [5, 5.41) is 1.02.